The number of aliphatic hydroxyl groups is 1. The Kier molecular flexibility index (Phi) is 2.78. The van der Waals surface area contributed by atoms with E-state index in [0.29, 0.717) is 0 Å². The highest BCUT2D eigenvalue weighted by Gasteiger charge is 2.48. The number of fused-ring (bicyclic) bond motifs is 1. The molecule has 0 aromatic heterocycles. The number of hydrogen-bond donors (Lipinski definition) is 2. The molecular formula is C11H9F2NO4. The number of alkyl halides is 2. The number of aliphatic hydroxyl groups excluding tert-OH is 1. The Morgan fingerprint density at radius 1 is 1.50 bits per heavy atom. The first-order chi connectivity index (χ1) is 8.37. The Labute approximate surface area is 100 Å². The van der Waals surface area contributed by atoms with E-state index in [2.05, 4.69) is 4.74 Å². The lowest BCUT2D eigenvalue weighted by Crippen LogP contribution is -2.51. The lowest BCUT2D eigenvalue weighted by molar-refractivity contribution is -0.128. The van der Waals surface area contributed by atoms with E-state index < -0.39 is 29.6 Å². The summed E-state index contributed by atoms with van der Waals surface area (Å²) in [6.45, 7) is 0. The second-order valence-electron chi connectivity index (χ2n) is 3.75. The number of methoxy groups -OCH3 is 1. The van der Waals surface area contributed by atoms with E-state index in [1.54, 1.807) is 5.32 Å². The van der Waals surface area contributed by atoms with Gasteiger partial charge in [0.05, 0.1) is 12.7 Å². The minimum Gasteiger partial charge on any atom is -0.465 e. The number of nitrogens with one attached hydrogen (secondary N) is 1. The van der Waals surface area contributed by atoms with Crippen molar-refractivity contribution in [2.24, 2.45) is 0 Å². The smallest absolute Gasteiger partial charge is 0.337 e. The van der Waals surface area contributed by atoms with Crippen LogP contribution in [0.4, 0.5) is 8.78 Å². The Hall–Kier alpha value is -2.02. The summed E-state index contributed by atoms with van der Waals surface area (Å²) in [7, 11) is 1.11. The Balaban J connectivity index is 2.59. The Bertz CT molecular complexity index is 530. The highest BCUT2D eigenvalue weighted by atomic mass is 19.3. The number of benzene rings is 1. The van der Waals surface area contributed by atoms with Crippen LogP contribution in [0.3, 0.4) is 0 Å². The molecule has 0 bridgehead atoms. The molecule has 1 aromatic carbocycles. The molecule has 1 aliphatic rings. The molecule has 0 saturated carbocycles. The van der Waals surface area contributed by atoms with Crippen LogP contribution in [0, 0.1) is 0 Å². The third-order valence-corrected chi connectivity index (χ3v) is 2.66. The summed E-state index contributed by atoms with van der Waals surface area (Å²) in [6, 6.07) is 3.15. The van der Waals surface area contributed by atoms with E-state index in [4.69, 9.17) is 5.11 Å². The topological polar surface area (TPSA) is 75.6 Å². The first-order valence-electron chi connectivity index (χ1n) is 4.97. The van der Waals surface area contributed by atoms with E-state index in [1.807, 2.05) is 0 Å². The van der Waals surface area contributed by atoms with Crippen molar-refractivity contribution in [3.05, 3.63) is 34.9 Å². The molecule has 5 nitrogen and oxygen atoms in total. The summed E-state index contributed by atoms with van der Waals surface area (Å²) in [4.78, 5) is 22.7. The summed E-state index contributed by atoms with van der Waals surface area (Å²) < 4.78 is 31.8. The summed E-state index contributed by atoms with van der Waals surface area (Å²) in [6.07, 6.45) is -2.31. The predicted molar refractivity (Wildman–Crippen MR) is 55.1 cm³/mol. The van der Waals surface area contributed by atoms with Crippen LogP contribution in [0.2, 0.25) is 0 Å². The van der Waals surface area contributed by atoms with Crippen LogP contribution in [-0.4, -0.2) is 30.3 Å². The van der Waals surface area contributed by atoms with Crippen LogP contribution in [0.5, 0.6) is 0 Å². The summed E-state index contributed by atoms with van der Waals surface area (Å²) in [5, 5.41) is 10.9. The highest BCUT2D eigenvalue weighted by Crippen LogP contribution is 2.36. The van der Waals surface area contributed by atoms with Gasteiger partial charge in [0.1, 0.15) is 0 Å². The average Bonchev–Trinajstić information content (AvgIpc) is 2.35. The van der Waals surface area contributed by atoms with Crippen LogP contribution < -0.4 is 5.32 Å². The summed E-state index contributed by atoms with van der Waals surface area (Å²) in [5.74, 6) is -5.28. The minimum atomic E-state index is -3.66. The van der Waals surface area contributed by atoms with Gasteiger partial charge >= 0.3 is 11.9 Å². The molecule has 0 saturated heterocycles. The second kappa shape index (κ2) is 4.02. The monoisotopic (exact) mass is 257 g/mol. The fraction of sp³-hybridized carbons (Fsp3) is 0.273. The van der Waals surface area contributed by atoms with Crippen molar-refractivity contribution < 1.29 is 28.2 Å². The molecular weight excluding hydrogens is 248 g/mol. The van der Waals surface area contributed by atoms with Gasteiger partial charge in [0.2, 0.25) is 0 Å². The van der Waals surface area contributed by atoms with Crippen LogP contribution >= 0.6 is 0 Å². The number of rotatable bonds is 1. The molecule has 1 aromatic rings. The standard InChI is InChI=1S/C11H9F2NO4/c1-18-9(16)5-2-3-6-7(4-5)11(12,13)10(17)14-8(6)15/h2-4,10,17H,1H3,(H,14,15). The lowest BCUT2D eigenvalue weighted by Gasteiger charge is -2.30. The maximum Gasteiger partial charge on any atom is 0.337 e. The maximum atomic E-state index is 13.7. The van der Waals surface area contributed by atoms with E-state index in [0.717, 1.165) is 19.2 Å². The highest BCUT2D eigenvalue weighted by molar-refractivity contribution is 5.99. The van der Waals surface area contributed by atoms with Crippen molar-refractivity contribution in [2.75, 3.05) is 7.11 Å². The van der Waals surface area contributed by atoms with Crippen LogP contribution in [-0.2, 0) is 10.7 Å². The molecule has 2 N–H and O–H groups in total. The van der Waals surface area contributed by atoms with Crippen LogP contribution in [0.1, 0.15) is 26.3 Å². The van der Waals surface area contributed by atoms with E-state index in [9.17, 15) is 18.4 Å². The molecule has 2 rings (SSSR count). The summed E-state index contributed by atoms with van der Waals surface area (Å²) in [5.41, 5.74) is -1.09. The van der Waals surface area contributed by atoms with Gasteiger partial charge in [-0.1, -0.05) is 0 Å². The zero-order valence-corrected chi connectivity index (χ0v) is 9.24. The third-order valence-electron chi connectivity index (χ3n) is 2.66. The zero-order valence-electron chi connectivity index (χ0n) is 9.24. The van der Waals surface area contributed by atoms with Crippen molar-refractivity contribution in [3.63, 3.8) is 0 Å². The first kappa shape index (κ1) is 12.4. The molecule has 1 amide bonds. The molecule has 0 aliphatic carbocycles. The minimum absolute atomic E-state index is 0.113. The third kappa shape index (κ3) is 1.72. The molecule has 1 heterocycles. The van der Waals surface area contributed by atoms with Gasteiger partial charge in [0.15, 0.2) is 6.23 Å². The van der Waals surface area contributed by atoms with Gasteiger partial charge in [0.25, 0.3) is 5.91 Å². The SMILES string of the molecule is COC(=O)c1ccc2c(c1)C(F)(F)C(O)NC2=O. The van der Waals surface area contributed by atoms with E-state index in [-0.39, 0.29) is 11.1 Å². The van der Waals surface area contributed by atoms with Gasteiger partial charge in [-0.2, -0.15) is 8.78 Å². The number of amides is 1. The number of carbonyl (C=O) groups is 2. The Morgan fingerprint density at radius 3 is 2.78 bits per heavy atom. The molecule has 96 valence electrons. The maximum absolute atomic E-state index is 13.7. The average molecular weight is 257 g/mol. The van der Waals surface area contributed by atoms with Crippen molar-refractivity contribution in [2.45, 2.75) is 12.2 Å². The predicted octanol–water partition coefficient (Wildman–Crippen LogP) is 0.627. The fourth-order valence-corrected chi connectivity index (χ4v) is 1.70. The number of esters is 1. The molecule has 0 fully saturated rings. The summed E-state index contributed by atoms with van der Waals surface area (Å²) >= 11 is 0. The number of hydrogen-bond acceptors (Lipinski definition) is 4. The second-order valence-corrected chi connectivity index (χ2v) is 3.75. The quantitative estimate of drug-likeness (QED) is 0.723. The largest absolute Gasteiger partial charge is 0.465 e. The van der Waals surface area contributed by atoms with Crippen molar-refractivity contribution in [3.8, 4) is 0 Å². The molecule has 18 heavy (non-hydrogen) atoms. The van der Waals surface area contributed by atoms with Gasteiger partial charge in [0, 0.05) is 11.1 Å². The molecule has 1 atom stereocenters. The molecule has 1 aliphatic heterocycles. The van der Waals surface area contributed by atoms with Crippen molar-refractivity contribution in [1.82, 2.24) is 5.32 Å². The van der Waals surface area contributed by atoms with Gasteiger partial charge in [-0.05, 0) is 18.2 Å². The van der Waals surface area contributed by atoms with Gasteiger partial charge in [-0.3, -0.25) is 4.79 Å². The molecule has 7 heteroatoms. The first-order valence-corrected chi connectivity index (χ1v) is 4.97. The molecule has 1 unspecified atom stereocenters. The lowest BCUT2D eigenvalue weighted by atomic mass is 9.94. The number of carbonyl (C=O) groups excluding carboxylic acids is 2. The van der Waals surface area contributed by atoms with E-state index >= 15 is 0 Å². The number of ether oxygens (including phenoxy) is 1. The fourth-order valence-electron chi connectivity index (χ4n) is 1.70. The Morgan fingerprint density at radius 2 is 2.17 bits per heavy atom. The molecule has 0 spiro atoms. The zero-order chi connectivity index (χ0) is 13.5. The van der Waals surface area contributed by atoms with Crippen molar-refractivity contribution >= 4 is 11.9 Å². The van der Waals surface area contributed by atoms with Crippen molar-refractivity contribution in [1.29, 1.82) is 0 Å². The van der Waals surface area contributed by atoms with Crippen LogP contribution in [0.15, 0.2) is 18.2 Å². The van der Waals surface area contributed by atoms with Gasteiger partial charge < -0.3 is 15.2 Å². The normalized spacial score (nSPS) is 20.9. The van der Waals surface area contributed by atoms with E-state index in [1.165, 1.54) is 6.07 Å². The van der Waals surface area contributed by atoms with Crippen LogP contribution in [0.25, 0.3) is 0 Å². The van der Waals surface area contributed by atoms with Gasteiger partial charge in [-0.15, -0.1) is 0 Å². The number of halogens is 2. The van der Waals surface area contributed by atoms with Gasteiger partial charge in [-0.25, -0.2) is 4.79 Å². The molecule has 0 radical (unpaired) electrons.